The van der Waals surface area contributed by atoms with Crippen molar-refractivity contribution in [3.05, 3.63) is 53.5 Å². The Morgan fingerprint density at radius 3 is 2.29 bits per heavy atom. The molecule has 0 unspecified atom stereocenters. The van der Waals surface area contributed by atoms with Gasteiger partial charge in [0.15, 0.2) is 0 Å². The van der Waals surface area contributed by atoms with Gasteiger partial charge < -0.3 is 10.0 Å². The van der Waals surface area contributed by atoms with Crippen LogP contribution in [0.4, 0.5) is 5.82 Å². The third kappa shape index (κ3) is 1.87. The maximum atomic E-state index is 8.92. The molecule has 4 nitrogen and oxygen atoms in total. The van der Waals surface area contributed by atoms with E-state index in [-0.39, 0.29) is 6.61 Å². The molecule has 0 radical (unpaired) electrons. The van der Waals surface area contributed by atoms with Crippen molar-refractivity contribution in [2.45, 2.75) is 19.7 Å². The lowest BCUT2D eigenvalue weighted by atomic mass is 10.1. The SMILES string of the molecule is OCc1cnc(N2Cc3ccccc3C2)cn1. The fourth-order valence-corrected chi connectivity index (χ4v) is 2.09. The molecule has 0 amide bonds. The number of aliphatic hydroxyl groups is 1. The number of hydrogen-bond acceptors (Lipinski definition) is 4. The van der Waals surface area contributed by atoms with Gasteiger partial charge in [0.1, 0.15) is 5.82 Å². The van der Waals surface area contributed by atoms with Crippen LogP contribution >= 0.6 is 0 Å². The molecule has 4 heteroatoms. The number of hydrogen-bond donors (Lipinski definition) is 1. The summed E-state index contributed by atoms with van der Waals surface area (Å²) < 4.78 is 0. The number of nitrogens with zero attached hydrogens (tertiary/aromatic N) is 3. The van der Waals surface area contributed by atoms with Crippen molar-refractivity contribution in [2.24, 2.45) is 0 Å². The van der Waals surface area contributed by atoms with E-state index in [1.165, 1.54) is 11.1 Å². The van der Waals surface area contributed by atoms with Crippen LogP contribution in [0.3, 0.4) is 0 Å². The van der Waals surface area contributed by atoms with E-state index < -0.39 is 0 Å². The predicted octanol–water partition coefficient (Wildman–Crippen LogP) is 1.49. The van der Waals surface area contributed by atoms with Gasteiger partial charge in [-0.3, -0.25) is 4.98 Å². The van der Waals surface area contributed by atoms with Gasteiger partial charge >= 0.3 is 0 Å². The Labute approximate surface area is 99.6 Å². The van der Waals surface area contributed by atoms with Crippen LogP contribution < -0.4 is 4.90 Å². The molecule has 2 aromatic rings. The summed E-state index contributed by atoms with van der Waals surface area (Å²) in [6.45, 7) is 1.69. The molecule has 0 saturated heterocycles. The normalized spacial score (nSPS) is 13.8. The van der Waals surface area contributed by atoms with Crippen molar-refractivity contribution in [3.63, 3.8) is 0 Å². The highest BCUT2D eigenvalue weighted by Crippen LogP contribution is 2.25. The summed E-state index contributed by atoms with van der Waals surface area (Å²) in [5, 5.41) is 8.92. The van der Waals surface area contributed by atoms with Gasteiger partial charge in [-0.15, -0.1) is 0 Å². The lowest BCUT2D eigenvalue weighted by Gasteiger charge is -2.15. The molecule has 0 fully saturated rings. The second kappa shape index (κ2) is 4.14. The molecular formula is C13H13N3O. The van der Waals surface area contributed by atoms with Crippen LogP contribution in [0.1, 0.15) is 16.8 Å². The third-order valence-electron chi connectivity index (χ3n) is 3.02. The van der Waals surface area contributed by atoms with Crippen LogP contribution in [0.15, 0.2) is 36.7 Å². The zero-order valence-electron chi connectivity index (χ0n) is 9.37. The van der Waals surface area contributed by atoms with Crippen LogP contribution in [-0.4, -0.2) is 15.1 Å². The van der Waals surface area contributed by atoms with Crippen molar-refractivity contribution in [3.8, 4) is 0 Å². The monoisotopic (exact) mass is 227 g/mol. The van der Waals surface area contributed by atoms with E-state index in [2.05, 4.69) is 39.1 Å². The molecule has 1 aromatic carbocycles. The van der Waals surface area contributed by atoms with Gasteiger partial charge in [-0.1, -0.05) is 24.3 Å². The average Bonchev–Trinajstić information content (AvgIpc) is 2.82. The number of anilines is 1. The lowest BCUT2D eigenvalue weighted by molar-refractivity contribution is 0.276. The summed E-state index contributed by atoms with van der Waals surface area (Å²) in [5.41, 5.74) is 3.30. The number of fused-ring (bicyclic) bond motifs is 1. The highest BCUT2D eigenvalue weighted by molar-refractivity contribution is 5.45. The van der Waals surface area contributed by atoms with Crippen LogP contribution in [0.5, 0.6) is 0 Å². The molecule has 17 heavy (non-hydrogen) atoms. The fraction of sp³-hybridized carbons (Fsp3) is 0.231. The Morgan fingerprint density at radius 1 is 1.06 bits per heavy atom. The van der Waals surface area contributed by atoms with E-state index in [4.69, 9.17) is 5.11 Å². The minimum atomic E-state index is -0.0620. The summed E-state index contributed by atoms with van der Waals surface area (Å²) in [6.07, 6.45) is 3.34. The van der Waals surface area contributed by atoms with E-state index in [0.29, 0.717) is 5.69 Å². The number of aromatic nitrogens is 2. The van der Waals surface area contributed by atoms with Gasteiger partial charge in [-0.2, -0.15) is 0 Å². The van der Waals surface area contributed by atoms with E-state index in [9.17, 15) is 0 Å². The van der Waals surface area contributed by atoms with Crippen LogP contribution in [0.2, 0.25) is 0 Å². The Hall–Kier alpha value is -1.94. The molecule has 0 aliphatic carbocycles. The Balaban J connectivity index is 1.83. The number of aliphatic hydroxyl groups excluding tert-OH is 1. The zero-order chi connectivity index (χ0) is 11.7. The van der Waals surface area contributed by atoms with E-state index in [0.717, 1.165) is 18.9 Å². The standard InChI is InChI=1S/C13H13N3O/c17-9-12-5-15-13(6-14-12)16-7-10-3-1-2-4-11(10)8-16/h1-6,17H,7-9H2. The van der Waals surface area contributed by atoms with Gasteiger partial charge in [-0.05, 0) is 11.1 Å². The van der Waals surface area contributed by atoms with Crippen LogP contribution in [0.25, 0.3) is 0 Å². The number of rotatable bonds is 2. The predicted molar refractivity (Wildman–Crippen MR) is 64.3 cm³/mol. The first-order chi connectivity index (χ1) is 8.36. The first-order valence-electron chi connectivity index (χ1n) is 5.60. The molecule has 0 atom stereocenters. The van der Waals surface area contributed by atoms with Crippen LogP contribution in [0, 0.1) is 0 Å². The first-order valence-corrected chi connectivity index (χ1v) is 5.60. The summed E-state index contributed by atoms with van der Waals surface area (Å²) >= 11 is 0. The van der Waals surface area contributed by atoms with Crippen molar-refractivity contribution < 1.29 is 5.11 Å². The Bertz CT molecular complexity index is 499. The zero-order valence-corrected chi connectivity index (χ0v) is 9.37. The van der Waals surface area contributed by atoms with Gasteiger partial charge in [0, 0.05) is 13.1 Å². The molecular weight excluding hydrogens is 214 g/mol. The molecule has 1 aliphatic rings. The molecule has 3 rings (SSSR count). The molecule has 2 heterocycles. The van der Waals surface area contributed by atoms with Crippen molar-refractivity contribution >= 4 is 5.82 Å². The molecule has 0 saturated carbocycles. The Kier molecular flexibility index (Phi) is 2.49. The highest BCUT2D eigenvalue weighted by atomic mass is 16.3. The first kappa shape index (κ1) is 10.2. The molecule has 1 N–H and O–H groups in total. The minimum absolute atomic E-state index is 0.0620. The fourth-order valence-electron chi connectivity index (χ4n) is 2.09. The summed E-state index contributed by atoms with van der Waals surface area (Å²) in [6, 6.07) is 8.40. The van der Waals surface area contributed by atoms with E-state index >= 15 is 0 Å². The smallest absolute Gasteiger partial charge is 0.147 e. The number of benzene rings is 1. The summed E-state index contributed by atoms with van der Waals surface area (Å²) in [5.74, 6) is 0.860. The maximum Gasteiger partial charge on any atom is 0.147 e. The second-order valence-corrected chi connectivity index (χ2v) is 4.15. The Morgan fingerprint density at radius 2 is 1.76 bits per heavy atom. The van der Waals surface area contributed by atoms with Crippen molar-refractivity contribution in [1.29, 1.82) is 0 Å². The highest BCUT2D eigenvalue weighted by Gasteiger charge is 2.19. The molecule has 0 bridgehead atoms. The summed E-state index contributed by atoms with van der Waals surface area (Å²) in [7, 11) is 0. The topological polar surface area (TPSA) is 49.3 Å². The molecule has 1 aliphatic heterocycles. The van der Waals surface area contributed by atoms with Gasteiger partial charge in [0.05, 0.1) is 24.7 Å². The second-order valence-electron chi connectivity index (χ2n) is 4.15. The average molecular weight is 227 g/mol. The molecule has 1 aromatic heterocycles. The quantitative estimate of drug-likeness (QED) is 0.844. The maximum absolute atomic E-state index is 8.92. The van der Waals surface area contributed by atoms with E-state index in [1.54, 1.807) is 12.4 Å². The van der Waals surface area contributed by atoms with Crippen molar-refractivity contribution in [2.75, 3.05) is 4.90 Å². The van der Waals surface area contributed by atoms with Crippen LogP contribution in [-0.2, 0) is 19.7 Å². The van der Waals surface area contributed by atoms with Gasteiger partial charge in [0.25, 0.3) is 0 Å². The molecule has 0 spiro atoms. The summed E-state index contributed by atoms with van der Waals surface area (Å²) in [4.78, 5) is 10.6. The minimum Gasteiger partial charge on any atom is -0.390 e. The molecule has 86 valence electrons. The van der Waals surface area contributed by atoms with Gasteiger partial charge in [0.2, 0.25) is 0 Å². The van der Waals surface area contributed by atoms with E-state index in [1.807, 2.05) is 0 Å². The van der Waals surface area contributed by atoms with Gasteiger partial charge in [-0.25, -0.2) is 4.98 Å². The lowest BCUT2D eigenvalue weighted by Crippen LogP contribution is -2.16. The largest absolute Gasteiger partial charge is 0.390 e. The van der Waals surface area contributed by atoms with Crippen molar-refractivity contribution in [1.82, 2.24) is 9.97 Å². The third-order valence-corrected chi connectivity index (χ3v) is 3.02.